The molecule has 8 nitrogen and oxygen atoms in total. The summed E-state index contributed by atoms with van der Waals surface area (Å²) in [5.41, 5.74) is 2.55. The number of nitrogens with zero attached hydrogens (tertiary/aromatic N) is 1. The molecule has 0 amide bonds. The molecule has 0 saturated heterocycles. The average Bonchev–Trinajstić information content (AvgIpc) is 3.74. The molecule has 3 aromatic rings. The van der Waals surface area contributed by atoms with E-state index in [2.05, 4.69) is 9.44 Å². The summed E-state index contributed by atoms with van der Waals surface area (Å²) in [6.45, 7) is 5.74. The Balaban J connectivity index is 1.93. The summed E-state index contributed by atoms with van der Waals surface area (Å²) in [6.07, 6.45) is 3.72. The molecule has 1 heterocycles. The minimum absolute atomic E-state index is 0.143. The standard InChI is InChI=1S/C29H33ClFN3O5S2/c1-29(2,3)40(37)33-27(17-5-6-17)22-15-26(35)34(4)16-24(22)21-13-19(11-12-32-41(38)39)25(30)14-23(21)28(36)18-7-9-20(31)10-8-18/h7-10,13-17,27,32-33H,5-6,11-12H2,1-4H3,(H,38,39)/t27-,40-/m0/s1. The third-order valence-corrected chi connectivity index (χ3v) is 9.31. The Hall–Kier alpha value is -2.54. The number of hydrogen-bond acceptors (Lipinski definition) is 4. The highest BCUT2D eigenvalue weighted by Gasteiger charge is 2.37. The summed E-state index contributed by atoms with van der Waals surface area (Å²) in [7, 11) is 0.181. The van der Waals surface area contributed by atoms with Gasteiger partial charge in [0, 0.05) is 53.6 Å². The summed E-state index contributed by atoms with van der Waals surface area (Å²) in [4.78, 5) is 26.7. The van der Waals surface area contributed by atoms with Crippen molar-refractivity contribution in [3.8, 4) is 11.1 Å². The Bertz CT molecular complexity index is 1570. The highest BCUT2D eigenvalue weighted by molar-refractivity contribution is 7.84. The first-order chi connectivity index (χ1) is 19.3. The molecule has 1 aliphatic carbocycles. The van der Waals surface area contributed by atoms with Gasteiger partial charge in [0.15, 0.2) is 5.78 Å². The van der Waals surface area contributed by atoms with Crippen molar-refractivity contribution in [1.82, 2.24) is 14.0 Å². The Morgan fingerprint density at radius 2 is 1.80 bits per heavy atom. The van der Waals surface area contributed by atoms with Crippen LogP contribution in [0.15, 0.2) is 53.5 Å². The van der Waals surface area contributed by atoms with Crippen molar-refractivity contribution < 1.29 is 22.2 Å². The van der Waals surface area contributed by atoms with Crippen molar-refractivity contribution in [2.75, 3.05) is 6.54 Å². The topological polar surface area (TPSA) is 118 Å². The molecule has 0 spiro atoms. The first kappa shape index (κ1) is 31.4. The number of hydrogen-bond donors (Lipinski definition) is 3. The van der Waals surface area contributed by atoms with Crippen molar-refractivity contribution in [2.45, 2.75) is 50.8 Å². The smallest absolute Gasteiger partial charge is 0.250 e. The Morgan fingerprint density at radius 3 is 2.39 bits per heavy atom. The van der Waals surface area contributed by atoms with Crippen molar-refractivity contribution in [3.05, 3.63) is 92.1 Å². The molecule has 2 aromatic carbocycles. The van der Waals surface area contributed by atoms with Gasteiger partial charge in [-0.05, 0) is 99.0 Å². The number of carbonyl (C=O) groups excluding carboxylic acids is 1. The van der Waals surface area contributed by atoms with Crippen LogP contribution in [0.1, 0.15) is 66.7 Å². The molecular formula is C29H33ClFN3O5S2. The number of pyridine rings is 1. The lowest BCUT2D eigenvalue weighted by Crippen LogP contribution is -2.37. The van der Waals surface area contributed by atoms with Crippen LogP contribution in [0.4, 0.5) is 4.39 Å². The van der Waals surface area contributed by atoms with Gasteiger partial charge in [-0.25, -0.2) is 22.3 Å². The predicted molar refractivity (Wildman–Crippen MR) is 161 cm³/mol. The van der Waals surface area contributed by atoms with Gasteiger partial charge in [0.05, 0.1) is 15.7 Å². The van der Waals surface area contributed by atoms with Crippen LogP contribution in [-0.2, 0) is 35.7 Å². The number of carbonyl (C=O) groups is 1. The summed E-state index contributed by atoms with van der Waals surface area (Å²) < 4.78 is 53.7. The van der Waals surface area contributed by atoms with Gasteiger partial charge in [-0.1, -0.05) is 11.6 Å². The molecular weight excluding hydrogens is 589 g/mol. The van der Waals surface area contributed by atoms with Gasteiger partial charge in [-0.15, -0.1) is 0 Å². The van der Waals surface area contributed by atoms with Gasteiger partial charge < -0.3 is 4.57 Å². The monoisotopic (exact) mass is 621 g/mol. The lowest BCUT2D eigenvalue weighted by molar-refractivity contribution is 0.103. The maximum absolute atomic E-state index is 13.8. The third kappa shape index (κ3) is 7.65. The van der Waals surface area contributed by atoms with Gasteiger partial charge in [0.1, 0.15) is 5.82 Å². The molecule has 41 heavy (non-hydrogen) atoms. The largest absolute Gasteiger partial charge is 0.318 e. The zero-order chi connectivity index (χ0) is 30.1. The van der Waals surface area contributed by atoms with Crippen LogP contribution in [0.5, 0.6) is 0 Å². The van der Waals surface area contributed by atoms with E-state index in [1.165, 1.54) is 41.0 Å². The lowest BCUT2D eigenvalue weighted by atomic mass is 9.87. The van der Waals surface area contributed by atoms with Crippen LogP contribution in [0.25, 0.3) is 11.1 Å². The van der Waals surface area contributed by atoms with E-state index in [1.54, 1.807) is 19.3 Å². The zero-order valence-corrected chi connectivity index (χ0v) is 25.6. The Labute approximate surface area is 248 Å². The van der Waals surface area contributed by atoms with Gasteiger partial charge in [0.25, 0.3) is 5.56 Å². The first-order valence-electron chi connectivity index (χ1n) is 13.1. The number of nitrogens with one attached hydrogen (secondary N) is 2. The molecule has 12 heteroatoms. The quantitative estimate of drug-likeness (QED) is 0.209. The molecule has 3 atom stereocenters. The van der Waals surface area contributed by atoms with E-state index in [0.29, 0.717) is 22.3 Å². The molecule has 1 fully saturated rings. The number of aryl methyl sites for hydroxylation is 1. The molecule has 1 aromatic heterocycles. The summed E-state index contributed by atoms with van der Waals surface area (Å²) >= 11 is 4.41. The van der Waals surface area contributed by atoms with Crippen molar-refractivity contribution in [3.63, 3.8) is 0 Å². The van der Waals surface area contributed by atoms with E-state index in [4.69, 9.17) is 16.2 Å². The van der Waals surface area contributed by atoms with E-state index in [9.17, 15) is 22.4 Å². The van der Waals surface area contributed by atoms with Crippen LogP contribution in [-0.4, -0.2) is 34.6 Å². The van der Waals surface area contributed by atoms with E-state index in [1.807, 2.05) is 20.8 Å². The minimum Gasteiger partial charge on any atom is -0.318 e. The van der Waals surface area contributed by atoms with Crippen LogP contribution in [0.2, 0.25) is 5.02 Å². The molecule has 4 rings (SSSR count). The van der Waals surface area contributed by atoms with Gasteiger partial charge in [-0.3, -0.25) is 14.1 Å². The van der Waals surface area contributed by atoms with E-state index in [0.717, 1.165) is 12.8 Å². The molecule has 1 aliphatic rings. The van der Waals surface area contributed by atoms with Crippen molar-refractivity contribution >= 4 is 39.6 Å². The van der Waals surface area contributed by atoms with Gasteiger partial charge in [0.2, 0.25) is 11.3 Å². The lowest BCUT2D eigenvalue weighted by Gasteiger charge is -2.27. The number of ketones is 1. The number of benzene rings is 2. The second kappa shape index (κ2) is 12.8. The Morgan fingerprint density at radius 1 is 1.15 bits per heavy atom. The third-order valence-electron chi connectivity index (χ3n) is 6.93. The van der Waals surface area contributed by atoms with Crippen LogP contribution in [0.3, 0.4) is 0 Å². The highest BCUT2D eigenvalue weighted by atomic mass is 35.5. The number of halogens is 2. The second-order valence-corrected chi connectivity index (χ2v) is 14.3. The van der Waals surface area contributed by atoms with Gasteiger partial charge >= 0.3 is 0 Å². The maximum atomic E-state index is 13.8. The fourth-order valence-electron chi connectivity index (χ4n) is 4.51. The number of rotatable bonds is 11. The molecule has 220 valence electrons. The second-order valence-electron chi connectivity index (χ2n) is 11.1. The van der Waals surface area contributed by atoms with E-state index >= 15 is 0 Å². The molecule has 0 aliphatic heterocycles. The molecule has 1 saturated carbocycles. The molecule has 0 radical (unpaired) electrons. The van der Waals surface area contributed by atoms with Crippen LogP contribution >= 0.6 is 11.6 Å². The van der Waals surface area contributed by atoms with Crippen molar-refractivity contribution in [2.24, 2.45) is 13.0 Å². The number of aromatic nitrogens is 1. The summed E-state index contributed by atoms with van der Waals surface area (Å²) in [5.74, 6) is -0.717. The molecule has 3 N–H and O–H groups in total. The molecule has 1 unspecified atom stereocenters. The minimum atomic E-state index is -2.21. The zero-order valence-electron chi connectivity index (χ0n) is 23.2. The SMILES string of the molecule is Cn1cc(-c2cc(CCNS(=O)O)c(Cl)cc2C(=O)c2ccc(F)cc2)c([C@@H](N[S@@](=O)C(C)(C)C)C2CC2)cc1=O. The maximum Gasteiger partial charge on any atom is 0.250 e. The normalized spacial score (nSPS) is 15.9. The summed E-state index contributed by atoms with van der Waals surface area (Å²) in [6, 6.07) is 9.59. The summed E-state index contributed by atoms with van der Waals surface area (Å²) in [5, 5.41) is 0.279. The fourth-order valence-corrected chi connectivity index (χ4v) is 5.95. The first-order valence-corrected chi connectivity index (χ1v) is 15.8. The van der Waals surface area contributed by atoms with Gasteiger partial charge in [-0.2, -0.15) is 0 Å². The van der Waals surface area contributed by atoms with Crippen molar-refractivity contribution in [1.29, 1.82) is 0 Å². The van der Waals surface area contributed by atoms with E-state index < -0.39 is 44.6 Å². The predicted octanol–water partition coefficient (Wildman–Crippen LogP) is 4.85. The Kier molecular flexibility index (Phi) is 9.77. The van der Waals surface area contributed by atoms with E-state index in [-0.39, 0.29) is 40.6 Å². The molecule has 0 bridgehead atoms. The van der Waals surface area contributed by atoms with Crippen LogP contribution in [0, 0.1) is 11.7 Å². The average molecular weight is 622 g/mol. The fraction of sp³-hybridized carbons (Fsp3) is 0.379. The highest BCUT2D eigenvalue weighted by Crippen LogP contribution is 2.45. The van der Waals surface area contributed by atoms with Crippen LogP contribution < -0.4 is 15.0 Å².